The molecule has 3 rings (SSSR count). The van der Waals surface area contributed by atoms with Crippen LogP contribution in [0.4, 0.5) is 5.69 Å². The number of benzene rings is 1. The zero-order valence-electron chi connectivity index (χ0n) is 13.1. The van der Waals surface area contributed by atoms with Crippen LogP contribution in [0.3, 0.4) is 0 Å². The maximum atomic E-state index is 12.3. The van der Waals surface area contributed by atoms with E-state index in [2.05, 4.69) is 10.2 Å². The fourth-order valence-corrected chi connectivity index (χ4v) is 3.43. The average molecular weight is 330 g/mol. The Morgan fingerprint density at radius 2 is 2.26 bits per heavy atom. The van der Waals surface area contributed by atoms with Gasteiger partial charge in [0.1, 0.15) is 6.33 Å². The molecule has 1 saturated heterocycles. The van der Waals surface area contributed by atoms with Gasteiger partial charge in [-0.15, -0.1) is 10.2 Å². The third kappa shape index (κ3) is 3.44. The minimum absolute atomic E-state index is 0.0974. The summed E-state index contributed by atoms with van der Waals surface area (Å²) in [4.78, 5) is 25.2. The monoisotopic (exact) mass is 330 g/mol. The Labute approximate surface area is 138 Å². The van der Waals surface area contributed by atoms with Crippen LogP contribution >= 0.6 is 11.8 Å². The van der Waals surface area contributed by atoms with Crippen molar-refractivity contribution < 1.29 is 9.59 Å². The highest BCUT2D eigenvalue weighted by Gasteiger charge is 2.31. The largest absolute Gasteiger partial charge is 0.317 e. The first kappa shape index (κ1) is 15.7. The lowest BCUT2D eigenvalue weighted by Gasteiger charge is -2.17. The average Bonchev–Trinajstić information content (AvgIpc) is 3.11. The first-order chi connectivity index (χ1) is 11.0. The third-order valence-electron chi connectivity index (χ3n) is 3.85. The lowest BCUT2D eigenvalue weighted by atomic mass is 10.1. The predicted octanol–water partition coefficient (Wildman–Crippen LogP) is 2.11. The summed E-state index contributed by atoms with van der Waals surface area (Å²) >= 11 is 1.29. The molecule has 1 aliphatic rings. The van der Waals surface area contributed by atoms with Crippen LogP contribution in [0.15, 0.2) is 30.6 Å². The molecule has 2 heterocycles. The number of amides is 1. The molecule has 1 aromatic heterocycles. The Morgan fingerprint density at radius 3 is 2.96 bits per heavy atom. The van der Waals surface area contributed by atoms with Gasteiger partial charge in [-0.3, -0.25) is 9.59 Å². The summed E-state index contributed by atoms with van der Waals surface area (Å²) < 4.78 is 1.84. The molecule has 1 fully saturated rings. The van der Waals surface area contributed by atoms with Crippen LogP contribution in [-0.2, 0) is 16.6 Å². The van der Waals surface area contributed by atoms with Crippen molar-refractivity contribution in [2.75, 3.05) is 17.2 Å². The third-order valence-corrected chi connectivity index (χ3v) is 4.90. The summed E-state index contributed by atoms with van der Waals surface area (Å²) in [7, 11) is 1.89. The van der Waals surface area contributed by atoms with Crippen LogP contribution in [0.25, 0.3) is 11.4 Å². The molecule has 1 unspecified atom stereocenters. The van der Waals surface area contributed by atoms with Crippen molar-refractivity contribution >= 4 is 28.5 Å². The first-order valence-corrected chi connectivity index (χ1v) is 8.41. The molecular weight excluding hydrogens is 312 g/mol. The number of carbonyl (C=O) groups is 2. The van der Waals surface area contributed by atoms with Crippen LogP contribution in [0.5, 0.6) is 0 Å². The summed E-state index contributed by atoms with van der Waals surface area (Å²) in [6.45, 7) is 2.21. The summed E-state index contributed by atoms with van der Waals surface area (Å²) in [6.07, 6.45) is 2.15. The molecule has 0 aliphatic carbocycles. The number of nitrogens with zero attached hydrogens (tertiary/aromatic N) is 4. The Balaban J connectivity index is 1.78. The molecule has 1 atom stereocenters. The quantitative estimate of drug-likeness (QED) is 0.859. The Bertz CT molecular complexity index is 743. The number of hydrogen-bond donors (Lipinski definition) is 0. The highest BCUT2D eigenvalue weighted by molar-refractivity contribution is 8.13. The second-order valence-corrected chi connectivity index (χ2v) is 6.89. The van der Waals surface area contributed by atoms with E-state index in [9.17, 15) is 9.59 Å². The van der Waals surface area contributed by atoms with Gasteiger partial charge < -0.3 is 9.47 Å². The molecule has 1 amide bonds. The van der Waals surface area contributed by atoms with E-state index in [1.807, 2.05) is 35.9 Å². The predicted molar refractivity (Wildman–Crippen MR) is 90.0 cm³/mol. The maximum absolute atomic E-state index is 12.3. The molecule has 1 aliphatic heterocycles. The van der Waals surface area contributed by atoms with Crippen molar-refractivity contribution in [3.63, 3.8) is 0 Å². The van der Waals surface area contributed by atoms with Crippen LogP contribution in [0, 0.1) is 5.92 Å². The molecule has 0 saturated carbocycles. The van der Waals surface area contributed by atoms with Crippen LogP contribution < -0.4 is 4.90 Å². The number of hydrogen-bond acceptors (Lipinski definition) is 5. The molecule has 23 heavy (non-hydrogen) atoms. The minimum atomic E-state index is 0.0974. The molecule has 1 aromatic carbocycles. The molecule has 7 heteroatoms. The van der Waals surface area contributed by atoms with E-state index in [4.69, 9.17) is 0 Å². The number of aryl methyl sites for hydroxylation is 1. The molecular formula is C16H18N4O2S. The first-order valence-electron chi connectivity index (χ1n) is 7.42. The number of anilines is 1. The Hall–Kier alpha value is -2.15. The SMILES string of the molecule is CC(=O)SCC1CC(=O)N(c2cccc(-c3nncn3C)c2)C1. The second kappa shape index (κ2) is 6.54. The van der Waals surface area contributed by atoms with E-state index in [1.165, 1.54) is 11.8 Å². The van der Waals surface area contributed by atoms with Gasteiger partial charge in [0.05, 0.1) is 0 Å². The van der Waals surface area contributed by atoms with Gasteiger partial charge >= 0.3 is 0 Å². The Morgan fingerprint density at radius 1 is 1.43 bits per heavy atom. The van der Waals surface area contributed by atoms with Crippen LogP contribution in [-0.4, -0.2) is 38.1 Å². The van der Waals surface area contributed by atoms with Crippen molar-refractivity contribution in [3.05, 3.63) is 30.6 Å². The summed E-state index contributed by atoms with van der Waals surface area (Å²) in [6, 6.07) is 7.77. The maximum Gasteiger partial charge on any atom is 0.227 e. The molecule has 0 spiro atoms. The summed E-state index contributed by atoms with van der Waals surface area (Å²) in [5.74, 6) is 1.78. The molecule has 0 radical (unpaired) electrons. The molecule has 0 bridgehead atoms. The lowest BCUT2D eigenvalue weighted by Crippen LogP contribution is -2.24. The van der Waals surface area contributed by atoms with Gasteiger partial charge in [-0.05, 0) is 18.1 Å². The fraction of sp³-hybridized carbons (Fsp3) is 0.375. The highest BCUT2D eigenvalue weighted by atomic mass is 32.2. The fourth-order valence-electron chi connectivity index (χ4n) is 2.74. The topological polar surface area (TPSA) is 68.1 Å². The molecule has 2 aromatic rings. The number of thioether (sulfide) groups is 1. The van der Waals surface area contributed by atoms with Gasteiger partial charge in [-0.1, -0.05) is 23.9 Å². The standard InChI is InChI=1S/C16H18N4O2S/c1-11(21)23-9-12-6-15(22)20(8-12)14-5-3-4-13(7-14)16-18-17-10-19(16)2/h3-5,7,10,12H,6,8-9H2,1-2H3. The van der Waals surface area contributed by atoms with E-state index in [-0.39, 0.29) is 16.9 Å². The van der Waals surface area contributed by atoms with Gasteiger partial charge in [0.25, 0.3) is 0 Å². The van der Waals surface area contributed by atoms with Gasteiger partial charge in [0.15, 0.2) is 10.9 Å². The van der Waals surface area contributed by atoms with Gasteiger partial charge in [-0.2, -0.15) is 0 Å². The van der Waals surface area contributed by atoms with E-state index < -0.39 is 0 Å². The van der Waals surface area contributed by atoms with Crippen molar-refractivity contribution in [2.24, 2.45) is 13.0 Å². The van der Waals surface area contributed by atoms with Crippen LogP contribution in [0.2, 0.25) is 0 Å². The van der Waals surface area contributed by atoms with Crippen molar-refractivity contribution in [1.29, 1.82) is 0 Å². The smallest absolute Gasteiger partial charge is 0.227 e. The normalized spacial score (nSPS) is 17.7. The van der Waals surface area contributed by atoms with E-state index >= 15 is 0 Å². The molecule has 6 nitrogen and oxygen atoms in total. The summed E-state index contributed by atoms with van der Waals surface area (Å²) in [5.41, 5.74) is 1.79. The lowest BCUT2D eigenvalue weighted by molar-refractivity contribution is -0.117. The molecule has 0 N–H and O–H groups in total. The van der Waals surface area contributed by atoms with Crippen molar-refractivity contribution in [2.45, 2.75) is 13.3 Å². The van der Waals surface area contributed by atoms with Gasteiger partial charge in [0.2, 0.25) is 5.91 Å². The minimum Gasteiger partial charge on any atom is -0.317 e. The van der Waals surface area contributed by atoms with Gasteiger partial charge in [-0.25, -0.2) is 0 Å². The van der Waals surface area contributed by atoms with E-state index in [1.54, 1.807) is 18.2 Å². The number of carbonyl (C=O) groups excluding carboxylic acids is 2. The second-order valence-electron chi connectivity index (χ2n) is 5.69. The van der Waals surface area contributed by atoms with Crippen molar-refractivity contribution in [3.8, 4) is 11.4 Å². The number of rotatable bonds is 4. The highest BCUT2D eigenvalue weighted by Crippen LogP contribution is 2.29. The Kier molecular flexibility index (Phi) is 4.47. The van der Waals surface area contributed by atoms with Crippen molar-refractivity contribution in [1.82, 2.24) is 14.8 Å². The number of aromatic nitrogens is 3. The summed E-state index contributed by atoms with van der Waals surface area (Å²) in [5, 5.41) is 8.09. The van der Waals surface area contributed by atoms with E-state index in [0.717, 1.165) is 17.1 Å². The zero-order chi connectivity index (χ0) is 16.4. The zero-order valence-corrected chi connectivity index (χ0v) is 13.9. The van der Waals surface area contributed by atoms with Gasteiger partial charge in [0, 0.05) is 43.9 Å². The van der Waals surface area contributed by atoms with Crippen LogP contribution in [0.1, 0.15) is 13.3 Å². The molecule has 120 valence electrons. The van der Waals surface area contributed by atoms with E-state index in [0.29, 0.717) is 18.7 Å².